The number of hydrogen-bond donors (Lipinski definition) is 0. The molecule has 0 spiro atoms. The normalized spacial score (nSPS) is 11.5. The summed E-state index contributed by atoms with van der Waals surface area (Å²) in [5.41, 5.74) is 8.35. The van der Waals surface area contributed by atoms with Crippen molar-refractivity contribution in [3.8, 4) is 34.1 Å². The van der Waals surface area contributed by atoms with Gasteiger partial charge in [0.15, 0.2) is 0 Å². The lowest BCUT2D eigenvalue weighted by Gasteiger charge is -2.11. The largest absolute Gasteiger partial charge is 0.457 e. The van der Waals surface area contributed by atoms with E-state index in [2.05, 4.69) is 89.0 Å². The van der Waals surface area contributed by atoms with E-state index in [4.69, 9.17) is 9.84 Å². The quantitative estimate of drug-likeness (QED) is 0.212. The minimum absolute atomic E-state index is 0.737. The van der Waals surface area contributed by atoms with Crippen molar-refractivity contribution >= 4 is 32.7 Å². The zero-order chi connectivity index (χ0) is 28.9. The van der Waals surface area contributed by atoms with Crippen molar-refractivity contribution in [2.75, 3.05) is 0 Å². The van der Waals surface area contributed by atoms with Crippen LogP contribution in [0, 0.1) is 13.8 Å². The predicted molar refractivity (Wildman–Crippen MR) is 172 cm³/mol. The van der Waals surface area contributed by atoms with Gasteiger partial charge in [-0.15, -0.1) is 0 Å². The van der Waals surface area contributed by atoms with Crippen LogP contribution in [0.25, 0.3) is 55.3 Å². The van der Waals surface area contributed by atoms with E-state index in [-0.39, 0.29) is 0 Å². The first-order valence-corrected chi connectivity index (χ1v) is 14.3. The van der Waals surface area contributed by atoms with Crippen molar-refractivity contribution in [2.24, 2.45) is 0 Å². The Labute approximate surface area is 248 Å². The van der Waals surface area contributed by atoms with Crippen molar-refractivity contribution in [1.29, 1.82) is 0 Å². The van der Waals surface area contributed by atoms with Gasteiger partial charge in [0.1, 0.15) is 17.3 Å². The predicted octanol–water partition coefficient (Wildman–Crippen LogP) is 8.99. The van der Waals surface area contributed by atoms with E-state index in [1.165, 1.54) is 5.39 Å². The number of rotatable bonds is 5. The Bertz CT molecular complexity index is 2290. The van der Waals surface area contributed by atoms with Gasteiger partial charge in [-0.05, 0) is 74.0 Å². The van der Waals surface area contributed by atoms with Crippen molar-refractivity contribution in [1.82, 2.24) is 24.3 Å². The number of aryl methyl sites for hydroxylation is 1. The molecule has 0 bridgehead atoms. The summed E-state index contributed by atoms with van der Waals surface area (Å²) in [4.78, 5) is 9.19. The number of hydrogen-bond acceptors (Lipinski definition) is 4. The zero-order valence-corrected chi connectivity index (χ0v) is 23.8. The summed E-state index contributed by atoms with van der Waals surface area (Å²) in [7, 11) is 0. The first-order valence-electron chi connectivity index (χ1n) is 14.3. The maximum Gasteiger partial charge on any atom is 0.137 e. The lowest BCUT2D eigenvalue weighted by Crippen LogP contribution is -1.99. The number of para-hydroxylation sites is 2. The van der Waals surface area contributed by atoms with Crippen LogP contribution in [-0.2, 0) is 0 Å². The lowest BCUT2D eigenvalue weighted by molar-refractivity contribution is 0.483. The Hall–Kier alpha value is -5.75. The van der Waals surface area contributed by atoms with E-state index in [1.54, 1.807) is 0 Å². The number of pyridine rings is 2. The van der Waals surface area contributed by atoms with Gasteiger partial charge in [-0.3, -0.25) is 9.55 Å². The molecular formula is C37H27N5O. The molecule has 0 aliphatic heterocycles. The van der Waals surface area contributed by atoms with Crippen LogP contribution in [-0.4, -0.2) is 24.3 Å². The summed E-state index contributed by atoms with van der Waals surface area (Å²) in [6.45, 7) is 4.17. The molecule has 4 aromatic carbocycles. The van der Waals surface area contributed by atoms with Crippen LogP contribution in [0.3, 0.4) is 0 Å². The molecule has 0 amide bonds. The second-order valence-corrected chi connectivity index (χ2v) is 10.7. The fourth-order valence-electron chi connectivity index (χ4n) is 6.16. The maximum absolute atomic E-state index is 6.47. The highest BCUT2D eigenvalue weighted by atomic mass is 16.5. The lowest BCUT2D eigenvalue weighted by atomic mass is 10.00. The van der Waals surface area contributed by atoms with Crippen LogP contribution in [0.2, 0.25) is 0 Å². The molecule has 43 heavy (non-hydrogen) atoms. The molecule has 0 aliphatic carbocycles. The van der Waals surface area contributed by atoms with Crippen LogP contribution < -0.4 is 4.74 Å². The van der Waals surface area contributed by atoms with Crippen LogP contribution in [0.15, 0.2) is 128 Å². The molecule has 4 aromatic heterocycles. The van der Waals surface area contributed by atoms with Gasteiger partial charge in [-0.25, -0.2) is 9.67 Å². The SMILES string of the molecule is Cc1nn(-c2cccc(Oc3ccc4c5ccccc5n(-c5ccccn5)c4c3)c2)c(C)c1-c1ccnc2ccccc12. The maximum atomic E-state index is 6.47. The van der Waals surface area contributed by atoms with E-state index >= 15 is 0 Å². The number of ether oxygens (including phenoxy) is 1. The third kappa shape index (κ3) is 4.15. The fourth-order valence-corrected chi connectivity index (χ4v) is 6.16. The fraction of sp³-hybridized carbons (Fsp3) is 0.0541. The second kappa shape index (κ2) is 9.96. The minimum Gasteiger partial charge on any atom is -0.457 e. The zero-order valence-electron chi connectivity index (χ0n) is 23.8. The smallest absolute Gasteiger partial charge is 0.137 e. The summed E-state index contributed by atoms with van der Waals surface area (Å²) < 4.78 is 10.7. The molecule has 206 valence electrons. The molecule has 8 aromatic rings. The summed E-state index contributed by atoms with van der Waals surface area (Å²) >= 11 is 0. The highest BCUT2D eigenvalue weighted by molar-refractivity contribution is 6.09. The number of aromatic nitrogens is 5. The van der Waals surface area contributed by atoms with Gasteiger partial charge in [0, 0.05) is 51.9 Å². The highest BCUT2D eigenvalue weighted by Gasteiger charge is 2.18. The Morgan fingerprint density at radius 3 is 2.28 bits per heavy atom. The minimum atomic E-state index is 0.737. The van der Waals surface area contributed by atoms with Crippen molar-refractivity contribution in [2.45, 2.75) is 13.8 Å². The molecule has 0 fully saturated rings. The number of nitrogens with zero attached hydrogens (tertiary/aromatic N) is 5. The van der Waals surface area contributed by atoms with Crippen LogP contribution in [0.1, 0.15) is 11.4 Å². The summed E-state index contributed by atoms with van der Waals surface area (Å²) in [6.07, 6.45) is 3.69. The van der Waals surface area contributed by atoms with E-state index in [1.807, 2.05) is 71.7 Å². The molecular weight excluding hydrogens is 530 g/mol. The van der Waals surface area contributed by atoms with E-state index < -0.39 is 0 Å². The van der Waals surface area contributed by atoms with E-state index in [9.17, 15) is 0 Å². The van der Waals surface area contributed by atoms with E-state index in [0.717, 1.165) is 72.8 Å². The van der Waals surface area contributed by atoms with Gasteiger partial charge in [-0.1, -0.05) is 48.5 Å². The average Bonchev–Trinajstić information content (AvgIpc) is 3.54. The van der Waals surface area contributed by atoms with Crippen LogP contribution >= 0.6 is 0 Å². The third-order valence-electron chi connectivity index (χ3n) is 8.03. The van der Waals surface area contributed by atoms with Gasteiger partial charge >= 0.3 is 0 Å². The molecule has 0 radical (unpaired) electrons. The molecule has 0 saturated carbocycles. The summed E-state index contributed by atoms with van der Waals surface area (Å²) in [5, 5.41) is 8.40. The van der Waals surface area contributed by atoms with Gasteiger partial charge in [0.2, 0.25) is 0 Å². The van der Waals surface area contributed by atoms with Gasteiger partial charge < -0.3 is 4.74 Å². The molecule has 4 heterocycles. The Balaban J connectivity index is 1.19. The van der Waals surface area contributed by atoms with Crippen molar-refractivity contribution in [3.63, 3.8) is 0 Å². The Morgan fingerprint density at radius 1 is 0.605 bits per heavy atom. The summed E-state index contributed by atoms with van der Waals surface area (Å²) in [6, 6.07) is 39.0. The first kappa shape index (κ1) is 25.0. The van der Waals surface area contributed by atoms with Crippen LogP contribution in [0.4, 0.5) is 0 Å². The summed E-state index contributed by atoms with van der Waals surface area (Å²) in [5.74, 6) is 2.36. The average molecular weight is 558 g/mol. The molecule has 0 unspecified atom stereocenters. The van der Waals surface area contributed by atoms with Gasteiger partial charge in [-0.2, -0.15) is 5.10 Å². The monoisotopic (exact) mass is 557 g/mol. The molecule has 8 rings (SSSR count). The van der Waals surface area contributed by atoms with Crippen LogP contribution in [0.5, 0.6) is 11.5 Å². The standard InChI is InChI=1S/C37H27N5O/c1-24-37(32-19-21-38-33-14-5-3-12-29(32)33)25(2)42(40-24)26-10-9-11-27(22-26)43-28-17-18-31-30-13-4-6-15-34(30)41(35(31)23-28)36-16-7-8-20-39-36/h3-23H,1-2H3. The Morgan fingerprint density at radius 2 is 1.40 bits per heavy atom. The van der Waals surface area contributed by atoms with E-state index in [0.29, 0.717) is 0 Å². The second-order valence-electron chi connectivity index (χ2n) is 10.7. The molecule has 0 aliphatic rings. The molecule has 6 nitrogen and oxygen atoms in total. The Kier molecular flexibility index (Phi) is 5.79. The topological polar surface area (TPSA) is 57.8 Å². The molecule has 0 saturated heterocycles. The van der Waals surface area contributed by atoms with Crippen molar-refractivity contribution in [3.05, 3.63) is 139 Å². The van der Waals surface area contributed by atoms with Gasteiger partial charge in [0.25, 0.3) is 0 Å². The molecule has 0 atom stereocenters. The molecule has 0 N–H and O–H groups in total. The van der Waals surface area contributed by atoms with Gasteiger partial charge in [0.05, 0.1) is 27.9 Å². The molecule has 6 heteroatoms. The highest BCUT2D eigenvalue weighted by Crippen LogP contribution is 2.36. The number of fused-ring (bicyclic) bond motifs is 4. The van der Waals surface area contributed by atoms with Crippen molar-refractivity contribution < 1.29 is 4.74 Å². The third-order valence-corrected chi connectivity index (χ3v) is 8.03. The number of benzene rings is 4. The first-order chi connectivity index (χ1) is 21.2.